The van der Waals surface area contributed by atoms with Gasteiger partial charge in [0.2, 0.25) is 0 Å². The van der Waals surface area contributed by atoms with Gasteiger partial charge in [-0.05, 0) is 51.5 Å². The van der Waals surface area contributed by atoms with Crippen molar-refractivity contribution in [1.82, 2.24) is 4.90 Å². The van der Waals surface area contributed by atoms with Crippen LogP contribution in [0, 0.1) is 0 Å². The molecule has 0 radical (unpaired) electrons. The Bertz CT molecular complexity index is 548. The van der Waals surface area contributed by atoms with E-state index in [4.69, 9.17) is 4.74 Å². The Morgan fingerprint density at radius 2 is 2.00 bits per heavy atom. The molecular formula is C14H16BrNO3. The van der Waals surface area contributed by atoms with Gasteiger partial charge in [-0.3, -0.25) is 4.79 Å². The highest BCUT2D eigenvalue weighted by molar-refractivity contribution is 9.10. The lowest BCUT2D eigenvalue weighted by Crippen LogP contribution is -2.38. The lowest BCUT2D eigenvalue weighted by atomic mass is 10.1. The Morgan fingerprint density at radius 1 is 1.37 bits per heavy atom. The van der Waals surface area contributed by atoms with Crippen molar-refractivity contribution in [1.29, 1.82) is 0 Å². The molecule has 0 bridgehead atoms. The predicted octanol–water partition coefficient (Wildman–Crippen LogP) is 3.90. The normalized spacial score (nSPS) is 18.5. The standard InChI is InChI=1S/C14H16BrNO3/c1-8-11-7-9(15)5-6-10(11)12(17)16(8)13(18)19-14(2,3)4/h5-8H,1-4H3. The minimum Gasteiger partial charge on any atom is -0.443 e. The molecule has 1 heterocycles. The van der Waals surface area contributed by atoms with Crippen molar-refractivity contribution in [3.63, 3.8) is 0 Å². The largest absolute Gasteiger partial charge is 0.443 e. The fourth-order valence-corrected chi connectivity index (χ4v) is 2.45. The van der Waals surface area contributed by atoms with Gasteiger partial charge in [0.25, 0.3) is 5.91 Å². The topological polar surface area (TPSA) is 46.6 Å². The third-order valence-corrected chi connectivity index (χ3v) is 3.38. The quantitative estimate of drug-likeness (QED) is 0.726. The number of amides is 2. The maximum absolute atomic E-state index is 12.3. The Hall–Kier alpha value is -1.36. The van der Waals surface area contributed by atoms with Crippen molar-refractivity contribution in [3.8, 4) is 0 Å². The number of hydrogen-bond donors (Lipinski definition) is 0. The number of fused-ring (bicyclic) bond motifs is 1. The summed E-state index contributed by atoms with van der Waals surface area (Å²) in [6, 6.07) is 5.07. The van der Waals surface area contributed by atoms with Gasteiger partial charge in [-0.25, -0.2) is 9.69 Å². The van der Waals surface area contributed by atoms with E-state index in [1.807, 2.05) is 13.0 Å². The van der Waals surface area contributed by atoms with Crippen LogP contribution in [-0.4, -0.2) is 22.5 Å². The third kappa shape index (κ3) is 2.66. The molecule has 1 aliphatic rings. The maximum atomic E-state index is 12.3. The summed E-state index contributed by atoms with van der Waals surface area (Å²) in [5.41, 5.74) is 0.777. The van der Waals surface area contributed by atoms with Gasteiger partial charge in [-0.1, -0.05) is 15.9 Å². The Kier molecular flexibility index (Phi) is 3.43. The Labute approximate surface area is 120 Å². The van der Waals surface area contributed by atoms with Gasteiger partial charge >= 0.3 is 6.09 Å². The monoisotopic (exact) mass is 325 g/mol. The first kappa shape index (κ1) is 14.1. The van der Waals surface area contributed by atoms with E-state index < -0.39 is 11.7 Å². The second-order valence-corrected chi connectivity index (χ2v) is 6.48. The van der Waals surface area contributed by atoms with Crippen LogP contribution in [0.5, 0.6) is 0 Å². The number of imide groups is 1. The van der Waals surface area contributed by atoms with E-state index in [2.05, 4.69) is 15.9 Å². The van der Waals surface area contributed by atoms with E-state index in [0.717, 1.165) is 10.0 Å². The van der Waals surface area contributed by atoms with E-state index in [1.165, 1.54) is 4.90 Å². The molecule has 1 aromatic rings. The lowest BCUT2D eigenvalue weighted by Gasteiger charge is -2.25. The number of ether oxygens (including phenoxy) is 1. The third-order valence-electron chi connectivity index (χ3n) is 2.89. The van der Waals surface area contributed by atoms with Crippen LogP contribution in [0.15, 0.2) is 22.7 Å². The van der Waals surface area contributed by atoms with E-state index in [0.29, 0.717) is 5.56 Å². The number of carbonyl (C=O) groups excluding carboxylic acids is 2. The first-order valence-corrected chi connectivity index (χ1v) is 6.86. The molecule has 5 heteroatoms. The molecule has 1 unspecified atom stereocenters. The van der Waals surface area contributed by atoms with Crippen molar-refractivity contribution >= 4 is 27.9 Å². The second-order valence-electron chi connectivity index (χ2n) is 5.56. The first-order valence-electron chi connectivity index (χ1n) is 6.06. The molecule has 102 valence electrons. The summed E-state index contributed by atoms with van der Waals surface area (Å²) in [6.07, 6.45) is -0.600. The van der Waals surface area contributed by atoms with Crippen LogP contribution in [0.4, 0.5) is 4.79 Å². The van der Waals surface area contributed by atoms with E-state index in [-0.39, 0.29) is 11.9 Å². The molecule has 0 saturated heterocycles. The average Bonchev–Trinajstić information content (AvgIpc) is 2.49. The highest BCUT2D eigenvalue weighted by Crippen LogP contribution is 2.35. The molecule has 1 aromatic carbocycles. The summed E-state index contributed by atoms with van der Waals surface area (Å²) in [6.45, 7) is 7.15. The fraction of sp³-hybridized carbons (Fsp3) is 0.429. The van der Waals surface area contributed by atoms with Crippen LogP contribution < -0.4 is 0 Å². The number of hydrogen-bond acceptors (Lipinski definition) is 3. The van der Waals surface area contributed by atoms with Gasteiger partial charge in [0.05, 0.1) is 6.04 Å². The summed E-state index contributed by atoms with van der Waals surface area (Å²) < 4.78 is 6.16. The van der Waals surface area contributed by atoms with Gasteiger partial charge < -0.3 is 4.74 Å². The molecule has 0 saturated carbocycles. The number of benzene rings is 1. The first-order chi connectivity index (χ1) is 8.70. The summed E-state index contributed by atoms with van der Waals surface area (Å²) in [7, 11) is 0. The lowest BCUT2D eigenvalue weighted by molar-refractivity contribution is 0.0203. The van der Waals surface area contributed by atoms with E-state index >= 15 is 0 Å². The van der Waals surface area contributed by atoms with Crippen LogP contribution in [0.25, 0.3) is 0 Å². The number of nitrogens with zero attached hydrogens (tertiary/aromatic N) is 1. The predicted molar refractivity (Wildman–Crippen MR) is 75.0 cm³/mol. The van der Waals surface area contributed by atoms with Crippen LogP contribution >= 0.6 is 15.9 Å². The molecule has 1 aliphatic heterocycles. The van der Waals surface area contributed by atoms with Gasteiger partial charge in [0.15, 0.2) is 0 Å². The molecular weight excluding hydrogens is 310 g/mol. The van der Waals surface area contributed by atoms with Crippen molar-refractivity contribution in [2.24, 2.45) is 0 Å². The van der Waals surface area contributed by atoms with Crippen molar-refractivity contribution in [2.75, 3.05) is 0 Å². The minimum absolute atomic E-state index is 0.302. The summed E-state index contributed by atoms with van der Waals surface area (Å²) in [4.78, 5) is 25.5. The van der Waals surface area contributed by atoms with Crippen LogP contribution in [-0.2, 0) is 4.74 Å². The van der Waals surface area contributed by atoms with E-state index in [9.17, 15) is 9.59 Å². The maximum Gasteiger partial charge on any atom is 0.417 e. The molecule has 0 spiro atoms. The molecule has 19 heavy (non-hydrogen) atoms. The summed E-state index contributed by atoms with van der Waals surface area (Å²) >= 11 is 3.37. The highest BCUT2D eigenvalue weighted by atomic mass is 79.9. The number of halogens is 1. The van der Waals surface area contributed by atoms with Gasteiger partial charge in [-0.15, -0.1) is 0 Å². The number of rotatable bonds is 0. The number of carbonyl (C=O) groups is 2. The molecule has 4 nitrogen and oxygen atoms in total. The highest BCUT2D eigenvalue weighted by Gasteiger charge is 2.40. The zero-order chi connectivity index (χ0) is 14.4. The fourth-order valence-electron chi connectivity index (χ4n) is 2.07. The molecule has 1 atom stereocenters. The van der Waals surface area contributed by atoms with Gasteiger partial charge in [-0.2, -0.15) is 0 Å². The molecule has 2 rings (SSSR count). The second kappa shape index (κ2) is 4.63. The SMILES string of the molecule is CC1c2cc(Br)ccc2C(=O)N1C(=O)OC(C)(C)C. The molecule has 0 aromatic heterocycles. The summed E-state index contributed by atoms with van der Waals surface area (Å²) in [5.74, 6) is -0.302. The van der Waals surface area contributed by atoms with Crippen molar-refractivity contribution < 1.29 is 14.3 Å². The van der Waals surface area contributed by atoms with Crippen LogP contribution in [0.2, 0.25) is 0 Å². The minimum atomic E-state index is -0.619. The molecule has 0 fully saturated rings. The molecule has 0 aliphatic carbocycles. The van der Waals surface area contributed by atoms with Crippen LogP contribution in [0.1, 0.15) is 49.7 Å². The zero-order valence-corrected chi connectivity index (χ0v) is 12.9. The van der Waals surface area contributed by atoms with Gasteiger partial charge in [0.1, 0.15) is 5.60 Å². The van der Waals surface area contributed by atoms with Crippen LogP contribution in [0.3, 0.4) is 0 Å². The Balaban J connectivity index is 2.32. The molecule has 0 N–H and O–H groups in total. The van der Waals surface area contributed by atoms with Crippen molar-refractivity contribution in [3.05, 3.63) is 33.8 Å². The average molecular weight is 326 g/mol. The van der Waals surface area contributed by atoms with Crippen molar-refractivity contribution in [2.45, 2.75) is 39.3 Å². The Morgan fingerprint density at radius 3 is 2.58 bits per heavy atom. The van der Waals surface area contributed by atoms with E-state index in [1.54, 1.807) is 32.9 Å². The summed E-state index contributed by atoms with van der Waals surface area (Å²) in [5, 5.41) is 0. The van der Waals surface area contributed by atoms with Gasteiger partial charge in [0, 0.05) is 10.0 Å². The zero-order valence-electron chi connectivity index (χ0n) is 11.4. The molecule has 2 amide bonds. The smallest absolute Gasteiger partial charge is 0.417 e.